The molecule has 2 fully saturated rings. The molecule has 4 rings (SSSR count). The van der Waals surface area contributed by atoms with Crippen molar-refractivity contribution in [3.05, 3.63) is 71.8 Å². The summed E-state index contributed by atoms with van der Waals surface area (Å²) in [6, 6.07) is 20.9. The number of likely N-dealkylation sites (tertiary alicyclic amines) is 1. The number of nitrogens with zero attached hydrogens (tertiary/aromatic N) is 1. The van der Waals surface area contributed by atoms with Crippen molar-refractivity contribution >= 4 is 5.91 Å². The highest BCUT2D eigenvalue weighted by molar-refractivity contribution is 5.94. The van der Waals surface area contributed by atoms with Gasteiger partial charge in [-0.2, -0.15) is 0 Å². The number of rotatable bonds is 6. The van der Waals surface area contributed by atoms with E-state index >= 15 is 0 Å². The first kappa shape index (κ1) is 19.2. The number of nitrogens with one attached hydrogen (secondary N) is 1. The second-order valence-electron chi connectivity index (χ2n) is 7.98. The molecule has 0 aliphatic carbocycles. The number of ether oxygens (including phenoxy) is 1. The Bertz CT molecular complexity index is 732. The molecule has 28 heavy (non-hydrogen) atoms. The lowest BCUT2D eigenvalue weighted by molar-refractivity contribution is -0.908. The minimum absolute atomic E-state index is 0.259. The summed E-state index contributed by atoms with van der Waals surface area (Å²) in [7, 11) is 0. The van der Waals surface area contributed by atoms with Crippen LogP contribution in [0.4, 0.5) is 0 Å². The number of quaternary nitrogens is 1. The third-order valence-electron chi connectivity index (χ3n) is 6.56. The minimum atomic E-state index is -0.579. The second kappa shape index (κ2) is 8.46. The lowest BCUT2D eigenvalue weighted by atomic mass is 9.66. The van der Waals surface area contributed by atoms with Crippen LogP contribution in [0, 0.1) is 5.92 Å². The molecular formula is C24H31N2O2+. The van der Waals surface area contributed by atoms with Gasteiger partial charge < -0.3 is 14.5 Å². The van der Waals surface area contributed by atoms with Crippen LogP contribution in [0.2, 0.25) is 0 Å². The van der Waals surface area contributed by atoms with E-state index in [9.17, 15) is 4.79 Å². The Morgan fingerprint density at radius 3 is 2.11 bits per heavy atom. The molecule has 0 spiro atoms. The van der Waals surface area contributed by atoms with Crippen molar-refractivity contribution in [2.45, 2.75) is 18.8 Å². The van der Waals surface area contributed by atoms with Gasteiger partial charge in [0.25, 0.3) is 0 Å². The van der Waals surface area contributed by atoms with E-state index in [0.29, 0.717) is 0 Å². The van der Waals surface area contributed by atoms with Gasteiger partial charge >= 0.3 is 0 Å². The van der Waals surface area contributed by atoms with Gasteiger partial charge in [0.15, 0.2) is 0 Å². The maximum atomic E-state index is 13.8. The van der Waals surface area contributed by atoms with E-state index in [1.165, 1.54) is 0 Å². The van der Waals surface area contributed by atoms with Gasteiger partial charge in [-0.15, -0.1) is 0 Å². The topological polar surface area (TPSA) is 34.0 Å². The fourth-order valence-electron chi connectivity index (χ4n) is 5.07. The number of hydrogen-bond donors (Lipinski definition) is 1. The molecule has 0 saturated carbocycles. The third kappa shape index (κ3) is 3.36. The van der Waals surface area contributed by atoms with Crippen LogP contribution in [0.15, 0.2) is 60.7 Å². The van der Waals surface area contributed by atoms with Crippen LogP contribution in [0.25, 0.3) is 0 Å². The Morgan fingerprint density at radius 1 is 1.00 bits per heavy atom. The number of amides is 1. The summed E-state index contributed by atoms with van der Waals surface area (Å²) < 4.78 is 5.52. The van der Waals surface area contributed by atoms with E-state index in [2.05, 4.69) is 60.4 Å². The molecule has 148 valence electrons. The summed E-state index contributed by atoms with van der Waals surface area (Å²) in [4.78, 5) is 17.5. The average molecular weight is 380 g/mol. The van der Waals surface area contributed by atoms with E-state index in [1.54, 1.807) is 4.90 Å². The van der Waals surface area contributed by atoms with Crippen molar-refractivity contribution in [1.29, 1.82) is 0 Å². The van der Waals surface area contributed by atoms with Gasteiger partial charge in [0.1, 0.15) is 18.5 Å². The van der Waals surface area contributed by atoms with Gasteiger partial charge in [0, 0.05) is 25.4 Å². The molecule has 2 heterocycles. The molecule has 2 aliphatic rings. The zero-order valence-electron chi connectivity index (χ0n) is 16.8. The highest BCUT2D eigenvalue weighted by Crippen LogP contribution is 2.47. The lowest BCUT2D eigenvalue weighted by Gasteiger charge is -2.35. The van der Waals surface area contributed by atoms with Crippen molar-refractivity contribution in [2.24, 2.45) is 5.92 Å². The Hall–Kier alpha value is -2.17. The molecule has 2 aromatic carbocycles. The summed E-state index contributed by atoms with van der Waals surface area (Å²) in [6.07, 6.45) is 1.04. The molecule has 1 N–H and O–H groups in total. The van der Waals surface area contributed by atoms with Crippen LogP contribution >= 0.6 is 0 Å². The van der Waals surface area contributed by atoms with E-state index in [1.807, 2.05) is 12.1 Å². The molecule has 4 heteroatoms. The lowest BCUT2D eigenvalue weighted by Crippen LogP contribution is -3.14. The van der Waals surface area contributed by atoms with Gasteiger partial charge in [-0.25, -0.2) is 0 Å². The third-order valence-corrected chi connectivity index (χ3v) is 6.56. The van der Waals surface area contributed by atoms with E-state index in [0.717, 1.165) is 63.5 Å². The highest BCUT2D eigenvalue weighted by atomic mass is 16.5. The SMILES string of the molecule is CCN1CC(CC[NH+]2CCOCC2)C(c2ccccc2)(c2ccccc2)C1=O. The van der Waals surface area contributed by atoms with Crippen LogP contribution < -0.4 is 4.90 Å². The number of carbonyl (C=O) groups excluding carboxylic acids is 1. The van der Waals surface area contributed by atoms with Crippen molar-refractivity contribution in [3.63, 3.8) is 0 Å². The van der Waals surface area contributed by atoms with Gasteiger partial charge in [0.2, 0.25) is 5.91 Å². The van der Waals surface area contributed by atoms with Crippen LogP contribution in [0.5, 0.6) is 0 Å². The summed E-state index contributed by atoms with van der Waals surface area (Å²) in [5, 5.41) is 0. The molecule has 2 aliphatic heterocycles. The molecule has 0 aromatic heterocycles. The molecule has 1 amide bonds. The molecular weight excluding hydrogens is 348 g/mol. The monoisotopic (exact) mass is 379 g/mol. The Kier molecular flexibility index (Phi) is 5.79. The van der Waals surface area contributed by atoms with Crippen LogP contribution in [-0.2, 0) is 14.9 Å². The Morgan fingerprint density at radius 2 is 1.57 bits per heavy atom. The molecule has 1 atom stereocenters. The molecule has 4 nitrogen and oxygen atoms in total. The first-order valence-corrected chi connectivity index (χ1v) is 10.6. The number of morpholine rings is 1. The largest absolute Gasteiger partial charge is 0.370 e. The van der Waals surface area contributed by atoms with E-state index < -0.39 is 5.41 Å². The first-order valence-electron chi connectivity index (χ1n) is 10.6. The van der Waals surface area contributed by atoms with Gasteiger partial charge in [-0.3, -0.25) is 4.79 Å². The predicted molar refractivity (Wildman–Crippen MR) is 110 cm³/mol. The summed E-state index contributed by atoms with van der Waals surface area (Å²) >= 11 is 0. The number of carbonyl (C=O) groups is 1. The van der Waals surface area contributed by atoms with Gasteiger partial charge in [-0.1, -0.05) is 60.7 Å². The smallest absolute Gasteiger partial charge is 0.238 e. The standard InChI is InChI=1S/C24H30N2O2/c1-2-26-19-22(13-14-25-15-17-28-18-16-25)24(23(26)27,20-9-5-3-6-10-20)21-11-7-4-8-12-21/h3-12,22H,2,13-19H2,1H3/p+1. The van der Waals surface area contributed by atoms with E-state index in [-0.39, 0.29) is 11.8 Å². The molecule has 2 saturated heterocycles. The molecule has 1 unspecified atom stereocenters. The summed E-state index contributed by atoms with van der Waals surface area (Å²) in [5.74, 6) is 0.537. The number of likely N-dealkylation sites (N-methyl/N-ethyl adjacent to an activating group) is 1. The van der Waals surface area contributed by atoms with Crippen molar-refractivity contribution in [3.8, 4) is 0 Å². The summed E-state index contributed by atoms with van der Waals surface area (Å²) in [6.45, 7) is 8.63. The highest BCUT2D eigenvalue weighted by Gasteiger charge is 2.55. The first-order chi connectivity index (χ1) is 13.8. The van der Waals surface area contributed by atoms with Gasteiger partial charge in [-0.05, 0) is 18.1 Å². The molecule has 0 radical (unpaired) electrons. The fourth-order valence-corrected chi connectivity index (χ4v) is 5.07. The van der Waals surface area contributed by atoms with Crippen molar-refractivity contribution in [1.82, 2.24) is 4.90 Å². The van der Waals surface area contributed by atoms with Crippen molar-refractivity contribution in [2.75, 3.05) is 45.9 Å². The second-order valence-corrected chi connectivity index (χ2v) is 7.98. The normalized spacial score (nSPS) is 22.5. The zero-order chi connectivity index (χ0) is 19.4. The number of benzene rings is 2. The van der Waals surface area contributed by atoms with Gasteiger partial charge in [0.05, 0.1) is 19.8 Å². The number of hydrogen-bond acceptors (Lipinski definition) is 2. The summed E-state index contributed by atoms with van der Waals surface area (Å²) in [5.41, 5.74) is 1.68. The zero-order valence-corrected chi connectivity index (χ0v) is 16.8. The average Bonchev–Trinajstić information content (AvgIpc) is 3.06. The maximum Gasteiger partial charge on any atom is 0.238 e. The molecule has 2 aromatic rings. The van der Waals surface area contributed by atoms with Crippen LogP contribution in [0.3, 0.4) is 0 Å². The Balaban J connectivity index is 1.74. The predicted octanol–water partition coefficient (Wildman–Crippen LogP) is 1.76. The Labute approximate surface area is 168 Å². The quantitative estimate of drug-likeness (QED) is 0.830. The maximum absolute atomic E-state index is 13.8. The van der Waals surface area contributed by atoms with Crippen LogP contribution in [-0.4, -0.2) is 56.7 Å². The minimum Gasteiger partial charge on any atom is -0.370 e. The molecule has 0 bridgehead atoms. The van der Waals surface area contributed by atoms with E-state index in [4.69, 9.17) is 4.74 Å². The van der Waals surface area contributed by atoms with Crippen LogP contribution in [0.1, 0.15) is 24.5 Å². The fraction of sp³-hybridized carbons (Fsp3) is 0.458. The van der Waals surface area contributed by atoms with Crippen molar-refractivity contribution < 1.29 is 14.4 Å².